The van der Waals surface area contributed by atoms with Crippen molar-refractivity contribution in [1.82, 2.24) is 9.80 Å². The fourth-order valence-electron chi connectivity index (χ4n) is 7.00. The molecule has 2 heterocycles. The Morgan fingerprint density at radius 3 is 1.98 bits per heavy atom. The second kappa shape index (κ2) is 15.1. The summed E-state index contributed by atoms with van der Waals surface area (Å²) in [7, 11) is 2.00. The van der Waals surface area contributed by atoms with Gasteiger partial charge >= 0.3 is 0 Å². The molecule has 0 aromatic heterocycles. The third kappa shape index (κ3) is 7.28. The Hall–Kier alpha value is -4.96. The Kier molecular flexibility index (Phi) is 10.2. The highest BCUT2D eigenvalue weighted by Gasteiger charge is 2.36. The number of likely N-dealkylation sites (N-methyl/N-ethyl adjacent to an activating group) is 1. The fourth-order valence-corrected chi connectivity index (χ4v) is 7.00. The lowest BCUT2D eigenvalue weighted by molar-refractivity contribution is -0.253. The molecular formula is C43H42N2O6. The first-order valence-corrected chi connectivity index (χ1v) is 17.4. The van der Waals surface area contributed by atoms with E-state index in [-0.39, 0.29) is 43.2 Å². The van der Waals surface area contributed by atoms with Gasteiger partial charge in [0.05, 0.1) is 42.6 Å². The van der Waals surface area contributed by atoms with Gasteiger partial charge in [-0.1, -0.05) is 115 Å². The van der Waals surface area contributed by atoms with E-state index >= 15 is 0 Å². The van der Waals surface area contributed by atoms with Crippen LogP contribution in [0.5, 0.6) is 0 Å². The number of carbonyl (C=O) groups is 2. The molecule has 0 bridgehead atoms. The van der Waals surface area contributed by atoms with Crippen LogP contribution in [0.1, 0.15) is 80.4 Å². The quantitative estimate of drug-likeness (QED) is 0.142. The number of aliphatic hydroxyl groups excluding tert-OH is 2. The van der Waals surface area contributed by atoms with Gasteiger partial charge in [-0.15, -0.1) is 0 Å². The molecular weight excluding hydrogens is 640 g/mol. The van der Waals surface area contributed by atoms with Crippen LogP contribution in [-0.2, 0) is 22.6 Å². The van der Waals surface area contributed by atoms with Crippen LogP contribution in [0.15, 0.2) is 127 Å². The number of ether oxygens (including phenoxy) is 2. The smallest absolute Gasteiger partial charge is 0.261 e. The number of rotatable bonds is 11. The number of amides is 2. The van der Waals surface area contributed by atoms with Crippen molar-refractivity contribution in [3.05, 3.63) is 166 Å². The van der Waals surface area contributed by atoms with Gasteiger partial charge in [-0.2, -0.15) is 0 Å². The largest absolute Gasteiger partial charge is 0.392 e. The highest BCUT2D eigenvalue weighted by molar-refractivity contribution is 6.21. The Morgan fingerprint density at radius 1 is 0.745 bits per heavy atom. The number of fused-ring (bicyclic) bond motifs is 1. The first kappa shape index (κ1) is 34.5. The monoisotopic (exact) mass is 682 g/mol. The lowest BCUT2D eigenvalue weighted by atomic mass is 9.97. The summed E-state index contributed by atoms with van der Waals surface area (Å²) in [4.78, 5) is 29.7. The standard InChI is InChI=1S/C43H42N2O6/c1-28(40(47)32-10-4-3-5-11-32)44(2)26-35-24-39(31-18-16-29(27-46)17-19-31)51-43(50-35)33-22-20-30(21-23-33)36-13-7-6-12-34(36)25-45-41(48)37-14-8-9-15-38(37)42(45)49/h3-23,28,35,39-40,43,46-47H,24-27H2,1-2H3. The zero-order valence-electron chi connectivity index (χ0n) is 28.8. The molecule has 8 nitrogen and oxygen atoms in total. The van der Waals surface area contributed by atoms with E-state index in [0.29, 0.717) is 24.1 Å². The summed E-state index contributed by atoms with van der Waals surface area (Å²) in [6, 6.07) is 40.1. The highest BCUT2D eigenvalue weighted by atomic mass is 16.7. The van der Waals surface area contributed by atoms with Gasteiger partial charge in [0.2, 0.25) is 0 Å². The SMILES string of the molecule is CC(C(O)c1ccccc1)N(C)CC1CC(c2ccc(CO)cc2)OC(c2ccc(-c3ccccc3CN3C(=O)c4ccccc4C3=O)cc2)O1. The predicted molar refractivity (Wildman–Crippen MR) is 194 cm³/mol. The van der Waals surface area contributed by atoms with Crippen molar-refractivity contribution in [2.24, 2.45) is 0 Å². The van der Waals surface area contributed by atoms with Crippen LogP contribution >= 0.6 is 0 Å². The van der Waals surface area contributed by atoms with Crippen LogP contribution in [0.3, 0.4) is 0 Å². The van der Waals surface area contributed by atoms with E-state index in [0.717, 1.165) is 38.9 Å². The van der Waals surface area contributed by atoms with E-state index in [4.69, 9.17) is 9.47 Å². The Labute approximate surface area is 298 Å². The second-order valence-corrected chi connectivity index (χ2v) is 13.4. The first-order chi connectivity index (χ1) is 24.8. The number of carbonyl (C=O) groups excluding carboxylic acids is 2. The van der Waals surface area contributed by atoms with Crippen molar-refractivity contribution in [1.29, 1.82) is 0 Å². The van der Waals surface area contributed by atoms with Crippen molar-refractivity contribution >= 4 is 11.8 Å². The van der Waals surface area contributed by atoms with Gasteiger partial charge in [0.25, 0.3) is 11.8 Å². The van der Waals surface area contributed by atoms with Gasteiger partial charge in [0.1, 0.15) is 0 Å². The number of nitrogens with zero attached hydrogens (tertiary/aromatic N) is 2. The first-order valence-electron chi connectivity index (χ1n) is 17.4. The molecule has 5 aromatic rings. The maximum absolute atomic E-state index is 13.1. The number of imide groups is 1. The minimum absolute atomic E-state index is 0.0274. The van der Waals surface area contributed by atoms with E-state index in [9.17, 15) is 19.8 Å². The molecule has 7 rings (SSSR count). The van der Waals surface area contributed by atoms with Crippen LogP contribution in [0.25, 0.3) is 11.1 Å². The third-order valence-electron chi connectivity index (χ3n) is 10.1. The van der Waals surface area contributed by atoms with Crippen molar-refractivity contribution in [3.8, 4) is 11.1 Å². The third-order valence-corrected chi connectivity index (χ3v) is 10.1. The Bertz CT molecular complexity index is 1950. The average molecular weight is 683 g/mol. The van der Waals surface area contributed by atoms with E-state index in [1.807, 2.05) is 117 Å². The Morgan fingerprint density at radius 2 is 1.33 bits per heavy atom. The Balaban J connectivity index is 1.11. The van der Waals surface area contributed by atoms with Crippen molar-refractivity contribution in [3.63, 3.8) is 0 Å². The molecule has 0 saturated carbocycles. The molecule has 5 atom stereocenters. The maximum Gasteiger partial charge on any atom is 0.261 e. The second-order valence-electron chi connectivity index (χ2n) is 13.4. The molecule has 51 heavy (non-hydrogen) atoms. The summed E-state index contributed by atoms with van der Waals surface area (Å²) in [6.07, 6.45) is -1.11. The van der Waals surface area contributed by atoms with Crippen LogP contribution in [0, 0.1) is 0 Å². The molecule has 5 unspecified atom stereocenters. The van der Waals surface area contributed by atoms with Crippen LogP contribution < -0.4 is 0 Å². The summed E-state index contributed by atoms with van der Waals surface area (Å²) in [6.45, 7) is 2.74. The number of hydrogen-bond donors (Lipinski definition) is 2. The van der Waals surface area contributed by atoms with E-state index in [2.05, 4.69) is 4.90 Å². The highest BCUT2D eigenvalue weighted by Crippen LogP contribution is 2.39. The summed E-state index contributed by atoms with van der Waals surface area (Å²) >= 11 is 0. The molecule has 2 N–H and O–H groups in total. The minimum Gasteiger partial charge on any atom is -0.392 e. The summed E-state index contributed by atoms with van der Waals surface area (Å²) in [5.74, 6) is -0.561. The minimum atomic E-state index is -0.652. The molecule has 1 fully saturated rings. The van der Waals surface area contributed by atoms with E-state index in [1.54, 1.807) is 24.3 Å². The van der Waals surface area contributed by atoms with Crippen LogP contribution in [0.2, 0.25) is 0 Å². The van der Waals surface area contributed by atoms with E-state index < -0.39 is 12.4 Å². The number of hydrogen-bond acceptors (Lipinski definition) is 7. The van der Waals surface area contributed by atoms with Gasteiger partial charge in [0.15, 0.2) is 6.29 Å². The number of benzene rings is 5. The normalized spacial score (nSPS) is 20.0. The predicted octanol–water partition coefficient (Wildman–Crippen LogP) is 7.24. The molecule has 2 aliphatic rings. The average Bonchev–Trinajstić information content (AvgIpc) is 3.42. The summed E-state index contributed by atoms with van der Waals surface area (Å²) in [5, 5.41) is 20.7. The zero-order valence-corrected chi connectivity index (χ0v) is 28.8. The maximum atomic E-state index is 13.1. The van der Waals surface area contributed by atoms with Gasteiger partial charge in [-0.25, -0.2) is 0 Å². The molecule has 0 aliphatic carbocycles. The lowest BCUT2D eigenvalue weighted by Gasteiger charge is -2.39. The number of aliphatic hydroxyl groups is 2. The van der Waals surface area contributed by atoms with Crippen molar-refractivity contribution in [2.75, 3.05) is 13.6 Å². The molecule has 260 valence electrons. The summed E-state index contributed by atoms with van der Waals surface area (Å²) < 4.78 is 13.2. The van der Waals surface area contributed by atoms with Crippen molar-refractivity contribution in [2.45, 2.75) is 57.1 Å². The molecule has 2 aliphatic heterocycles. The molecule has 0 radical (unpaired) electrons. The van der Waals surface area contributed by atoms with Gasteiger partial charge in [0, 0.05) is 24.6 Å². The van der Waals surface area contributed by atoms with Gasteiger partial charge < -0.3 is 19.7 Å². The molecule has 0 spiro atoms. The van der Waals surface area contributed by atoms with Crippen LogP contribution in [-0.4, -0.2) is 57.6 Å². The van der Waals surface area contributed by atoms with Crippen molar-refractivity contribution < 1.29 is 29.3 Å². The molecule has 8 heteroatoms. The fraction of sp³-hybridized carbons (Fsp3) is 0.256. The lowest BCUT2D eigenvalue weighted by Crippen LogP contribution is -2.43. The molecule has 5 aromatic carbocycles. The van der Waals surface area contributed by atoms with Gasteiger partial charge in [-0.3, -0.25) is 19.4 Å². The van der Waals surface area contributed by atoms with E-state index in [1.165, 1.54) is 4.90 Å². The topological polar surface area (TPSA) is 99.5 Å². The molecule has 2 amide bonds. The molecule has 1 saturated heterocycles. The zero-order chi connectivity index (χ0) is 35.5. The summed E-state index contributed by atoms with van der Waals surface area (Å²) in [5.41, 5.74) is 7.18. The van der Waals surface area contributed by atoms with Crippen LogP contribution in [0.4, 0.5) is 0 Å². The van der Waals surface area contributed by atoms with Gasteiger partial charge in [-0.05, 0) is 59.5 Å².